The summed E-state index contributed by atoms with van der Waals surface area (Å²) >= 11 is 1.62. The highest BCUT2D eigenvalue weighted by Crippen LogP contribution is 2.07. The number of nitriles is 1. The summed E-state index contributed by atoms with van der Waals surface area (Å²) in [5.41, 5.74) is 1.04. The topological polar surface area (TPSA) is 48.7 Å². The Hall–Kier alpha value is -0.920. The first kappa shape index (κ1) is 9.17. The summed E-state index contributed by atoms with van der Waals surface area (Å²) in [6.07, 6.45) is 0. The highest BCUT2D eigenvalue weighted by Gasteiger charge is 2.00. The summed E-state index contributed by atoms with van der Waals surface area (Å²) in [7, 11) is 0. The van der Waals surface area contributed by atoms with Crippen molar-refractivity contribution in [1.82, 2.24) is 10.3 Å². The van der Waals surface area contributed by atoms with E-state index in [0.29, 0.717) is 6.54 Å². The fourth-order valence-electron chi connectivity index (χ4n) is 0.770. The average Bonchev–Trinajstić information content (AvgIpc) is 2.47. The zero-order valence-electron chi connectivity index (χ0n) is 7.16. The smallest absolute Gasteiger partial charge is 0.107 e. The third-order valence-electron chi connectivity index (χ3n) is 1.42. The highest BCUT2D eigenvalue weighted by atomic mass is 32.1. The van der Waals surface area contributed by atoms with Gasteiger partial charge in [-0.2, -0.15) is 5.26 Å². The first-order valence-electron chi connectivity index (χ1n) is 3.76. The van der Waals surface area contributed by atoms with Crippen LogP contribution in [0.3, 0.4) is 0 Å². The van der Waals surface area contributed by atoms with Gasteiger partial charge in [-0.05, 0) is 13.8 Å². The van der Waals surface area contributed by atoms with E-state index in [-0.39, 0.29) is 6.04 Å². The van der Waals surface area contributed by atoms with Crippen LogP contribution >= 0.6 is 11.3 Å². The number of thiazole rings is 1. The maximum absolute atomic E-state index is 8.49. The van der Waals surface area contributed by atoms with Gasteiger partial charge in [0.1, 0.15) is 5.01 Å². The number of hydrogen-bond acceptors (Lipinski definition) is 4. The van der Waals surface area contributed by atoms with Gasteiger partial charge in [-0.15, -0.1) is 11.3 Å². The Bertz CT molecular complexity index is 287. The van der Waals surface area contributed by atoms with Gasteiger partial charge in [0.05, 0.1) is 12.1 Å². The molecule has 0 saturated heterocycles. The Labute approximate surface area is 76.1 Å². The third-order valence-corrected chi connectivity index (χ3v) is 2.39. The largest absolute Gasteiger partial charge is 0.296 e. The van der Waals surface area contributed by atoms with Crippen LogP contribution in [0.5, 0.6) is 0 Å². The first-order valence-corrected chi connectivity index (χ1v) is 4.64. The van der Waals surface area contributed by atoms with Gasteiger partial charge in [0.2, 0.25) is 0 Å². The minimum Gasteiger partial charge on any atom is -0.296 e. The van der Waals surface area contributed by atoms with Crippen molar-refractivity contribution in [2.24, 2.45) is 0 Å². The molecule has 0 radical (unpaired) electrons. The van der Waals surface area contributed by atoms with Gasteiger partial charge in [0.25, 0.3) is 0 Å². The molecule has 1 rings (SSSR count). The van der Waals surface area contributed by atoms with Crippen molar-refractivity contribution >= 4 is 11.3 Å². The Morgan fingerprint density at radius 3 is 3.08 bits per heavy atom. The van der Waals surface area contributed by atoms with Crippen LogP contribution in [0.4, 0.5) is 0 Å². The molecule has 0 spiro atoms. The van der Waals surface area contributed by atoms with Crippen molar-refractivity contribution in [2.45, 2.75) is 26.4 Å². The first-order chi connectivity index (χ1) is 5.72. The van der Waals surface area contributed by atoms with Crippen LogP contribution in [0.25, 0.3) is 0 Å². The molecule has 0 aliphatic heterocycles. The highest BCUT2D eigenvalue weighted by molar-refractivity contribution is 7.09. The van der Waals surface area contributed by atoms with Gasteiger partial charge in [-0.25, -0.2) is 4.98 Å². The van der Waals surface area contributed by atoms with E-state index in [1.165, 1.54) is 0 Å². The number of aromatic nitrogens is 1. The minimum absolute atomic E-state index is 0.103. The van der Waals surface area contributed by atoms with Crippen molar-refractivity contribution in [3.05, 3.63) is 16.1 Å². The summed E-state index contributed by atoms with van der Waals surface area (Å²) in [4.78, 5) is 4.26. The quantitative estimate of drug-likeness (QED) is 0.767. The molecule has 0 fully saturated rings. The normalized spacial score (nSPS) is 12.4. The van der Waals surface area contributed by atoms with E-state index in [4.69, 9.17) is 5.26 Å². The fourth-order valence-corrected chi connectivity index (χ4v) is 1.49. The second-order valence-electron chi connectivity index (χ2n) is 2.61. The summed E-state index contributed by atoms with van der Waals surface area (Å²) in [5, 5.41) is 14.6. The molecule has 1 unspecified atom stereocenters. The van der Waals surface area contributed by atoms with Crippen LogP contribution in [0.2, 0.25) is 0 Å². The third kappa shape index (κ3) is 2.61. The second kappa shape index (κ2) is 4.19. The van der Waals surface area contributed by atoms with Crippen molar-refractivity contribution in [3.8, 4) is 6.07 Å². The number of aryl methyl sites for hydroxylation is 1. The zero-order chi connectivity index (χ0) is 8.97. The van der Waals surface area contributed by atoms with Crippen LogP contribution in [-0.2, 0) is 6.54 Å². The monoisotopic (exact) mass is 181 g/mol. The number of hydrogen-bond donors (Lipinski definition) is 1. The van der Waals surface area contributed by atoms with E-state index in [1.807, 2.05) is 19.2 Å². The Kier molecular flexibility index (Phi) is 3.20. The van der Waals surface area contributed by atoms with E-state index in [2.05, 4.69) is 16.4 Å². The van der Waals surface area contributed by atoms with Gasteiger partial charge >= 0.3 is 0 Å². The molecule has 12 heavy (non-hydrogen) atoms. The standard InChI is InChI=1S/C8H11N3S/c1-6(3-9)10-4-8-11-7(2)5-12-8/h5-6,10H,4H2,1-2H3. The Morgan fingerprint density at radius 1 is 1.83 bits per heavy atom. The molecule has 0 aliphatic rings. The van der Waals surface area contributed by atoms with Crippen LogP contribution in [0.1, 0.15) is 17.6 Å². The molecule has 1 aromatic rings. The van der Waals surface area contributed by atoms with E-state index < -0.39 is 0 Å². The van der Waals surface area contributed by atoms with E-state index in [9.17, 15) is 0 Å². The summed E-state index contributed by atoms with van der Waals surface area (Å²) < 4.78 is 0. The molecule has 0 saturated carbocycles. The molecule has 1 aromatic heterocycles. The predicted molar refractivity (Wildman–Crippen MR) is 48.8 cm³/mol. The molecule has 0 aromatic carbocycles. The molecule has 1 N–H and O–H groups in total. The molecular weight excluding hydrogens is 170 g/mol. The molecular formula is C8H11N3S. The molecule has 4 heteroatoms. The molecule has 0 aliphatic carbocycles. The fraction of sp³-hybridized carbons (Fsp3) is 0.500. The van der Waals surface area contributed by atoms with Crippen molar-refractivity contribution in [1.29, 1.82) is 5.26 Å². The number of rotatable bonds is 3. The van der Waals surface area contributed by atoms with E-state index in [0.717, 1.165) is 10.7 Å². The van der Waals surface area contributed by atoms with Crippen LogP contribution < -0.4 is 5.32 Å². The van der Waals surface area contributed by atoms with Crippen LogP contribution in [0.15, 0.2) is 5.38 Å². The van der Waals surface area contributed by atoms with Gasteiger partial charge in [-0.1, -0.05) is 0 Å². The SMILES string of the molecule is Cc1csc(CNC(C)C#N)n1. The summed E-state index contributed by atoms with van der Waals surface area (Å²) in [6, 6.07) is 2.01. The van der Waals surface area contributed by atoms with Crippen LogP contribution in [0, 0.1) is 18.3 Å². The minimum atomic E-state index is -0.103. The number of nitrogens with zero attached hydrogens (tertiary/aromatic N) is 2. The van der Waals surface area contributed by atoms with Crippen LogP contribution in [-0.4, -0.2) is 11.0 Å². The van der Waals surface area contributed by atoms with E-state index >= 15 is 0 Å². The summed E-state index contributed by atoms with van der Waals surface area (Å²) in [6.45, 7) is 4.49. The van der Waals surface area contributed by atoms with Crippen molar-refractivity contribution in [2.75, 3.05) is 0 Å². The zero-order valence-corrected chi connectivity index (χ0v) is 7.98. The van der Waals surface area contributed by atoms with Crippen molar-refractivity contribution < 1.29 is 0 Å². The molecule has 1 heterocycles. The van der Waals surface area contributed by atoms with Crippen molar-refractivity contribution in [3.63, 3.8) is 0 Å². The predicted octanol–water partition coefficient (Wildman–Crippen LogP) is 1.45. The second-order valence-corrected chi connectivity index (χ2v) is 3.56. The lowest BCUT2D eigenvalue weighted by atomic mass is 10.4. The maximum Gasteiger partial charge on any atom is 0.107 e. The molecule has 0 bridgehead atoms. The summed E-state index contributed by atoms with van der Waals surface area (Å²) in [5.74, 6) is 0. The van der Waals surface area contributed by atoms with Gasteiger partial charge in [-0.3, -0.25) is 5.32 Å². The molecule has 3 nitrogen and oxygen atoms in total. The Balaban J connectivity index is 2.39. The molecule has 0 amide bonds. The lowest BCUT2D eigenvalue weighted by molar-refractivity contribution is 0.639. The lowest BCUT2D eigenvalue weighted by Crippen LogP contribution is -2.23. The molecule has 1 atom stereocenters. The van der Waals surface area contributed by atoms with Gasteiger partial charge < -0.3 is 0 Å². The van der Waals surface area contributed by atoms with Gasteiger partial charge in [0.15, 0.2) is 0 Å². The lowest BCUT2D eigenvalue weighted by Gasteiger charge is -2.01. The molecule has 64 valence electrons. The maximum atomic E-state index is 8.49. The number of nitrogens with one attached hydrogen (secondary N) is 1. The van der Waals surface area contributed by atoms with E-state index in [1.54, 1.807) is 11.3 Å². The van der Waals surface area contributed by atoms with Gasteiger partial charge in [0, 0.05) is 17.6 Å². The average molecular weight is 181 g/mol. The Morgan fingerprint density at radius 2 is 2.58 bits per heavy atom.